The van der Waals surface area contributed by atoms with Crippen molar-refractivity contribution in [2.24, 2.45) is 5.92 Å². The third-order valence-corrected chi connectivity index (χ3v) is 6.40. The molecule has 2 atom stereocenters. The van der Waals surface area contributed by atoms with Crippen molar-refractivity contribution in [2.45, 2.75) is 70.9 Å². The van der Waals surface area contributed by atoms with Gasteiger partial charge in [-0.1, -0.05) is 38.3 Å². The van der Waals surface area contributed by atoms with Gasteiger partial charge < -0.3 is 9.32 Å². The fraction of sp³-hybridized carbons (Fsp3) is 0.500. The topological polar surface area (TPSA) is 76.3 Å². The largest absolute Gasteiger partial charge is 0.415 e. The van der Waals surface area contributed by atoms with Gasteiger partial charge in [-0.2, -0.15) is 8.78 Å². The minimum atomic E-state index is -2.84. The summed E-state index contributed by atoms with van der Waals surface area (Å²) in [7, 11) is 0. The third-order valence-electron chi connectivity index (χ3n) is 6.40. The Bertz CT molecular complexity index is 1020. The van der Waals surface area contributed by atoms with Gasteiger partial charge in [0.05, 0.1) is 0 Å². The molecule has 0 bridgehead atoms. The van der Waals surface area contributed by atoms with E-state index >= 15 is 0 Å². The summed E-state index contributed by atoms with van der Waals surface area (Å²) in [5.41, 5.74) is 2.69. The molecule has 1 fully saturated rings. The second-order valence-electron chi connectivity index (χ2n) is 8.53. The van der Waals surface area contributed by atoms with Crippen LogP contribution in [0.15, 0.2) is 34.3 Å². The van der Waals surface area contributed by atoms with Crippen LogP contribution in [0.5, 0.6) is 0 Å². The lowest BCUT2D eigenvalue weighted by Crippen LogP contribution is -2.42. The molecule has 32 heavy (non-hydrogen) atoms. The number of carbonyl (C=O) groups is 2. The number of halogens is 2. The highest BCUT2D eigenvalue weighted by molar-refractivity contribution is 5.99. The van der Waals surface area contributed by atoms with Gasteiger partial charge >= 0.3 is 6.43 Å². The van der Waals surface area contributed by atoms with E-state index in [1.54, 1.807) is 12.1 Å². The number of amides is 1. The first-order valence-corrected chi connectivity index (χ1v) is 11.2. The molecule has 1 aliphatic heterocycles. The highest BCUT2D eigenvalue weighted by atomic mass is 19.3. The summed E-state index contributed by atoms with van der Waals surface area (Å²) >= 11 is 0. The van der Waals surface area contributed by atoms with E-state index in [2.05, 4.69) is 23.2 Å². The molecule has 1 unspecified atom stereocenters. The number of hydrogen-bond donors (Lipinski definition) is 0. The van der Waals surface area contributed by atoms with Crippen LogP contribution >= 0.6 is 0 Å². The van der Waals surface area contributed by atoms with Gasteiger partial charge in [-0.05, 0) is 54.9 Å². The summed E-state index contributed by atoms with van der Waals surface area (Å²) in [4.78, 5) is 26.8. The molecular weight excluding hydrogens is 416 g/mol. The normalized spacial score (nSPS) is 21.3. The fourth-order valence-electron chi connectivity index (χ4n) is 4.72. The summed E-state index contributed by atoms with van der Waals surface area (Å²) in [5, 5.41) is 7.05. The van der Waals surface area contributed by atoms with Gasteiger partial charge in [0.2, 0.25) is 5.89 Å². The number of aldehydes is 1. The third kappa shape index (κ3) is 4.49. The Balaban J connectivity index is 1.56. The number of rotatable bonds is 8. The molecule has 2 aromatic rings. The second kappa shape index (κ2) is 9.71. The summed E-state index contributed by atoms with van der Waals surface area (Å²) < 4.78 is 30.6. The molecule has 170 valence electrons. The monoisotopic (exact) mass is 443 g/mol. The van der Waals surface area contributed by atoms with Crippen molar-refractivity contribution in [2.75, 3.05) is 0 Å². The fourth-order valence-corrected chi connectivity index (χ4v) is 4.72. The average molecular weight is 443 g/mol. The quantitative estimate of drug-likeness (QED) is 0.397. The Morgan fingerprint density at radius 2 is 2.09 bits per heavy atom. The van der Waals surface area contributed by atoms with Gasteiger partial charge in [0.1, 0.15) is 6.29 Å². The van der Waals surface area contributed by atoms with E-state index in [-0.39, 0.29) is 23.8 Å². The van der Waals surface area contributed by atoms with E-state index in [1.165, 1.54) is 0 Å². The Kier molecular flexibility index (Phi) is 6.77. The molecule has 1 aliphatic carbocycles. The van der Waals surface area contributed by atoms with Crippen LogP contribution in [0.4, 0.5) is 8.78 Å². The molecule has 2 aliphatic rings. The molecule has 0 radical (unpaired) electrons. The SMILES string of the molecule is CCCC/C(C=O)=C\[C@@H]1CCCCC1N1Cc2ccc(-c3nnc(C(F)F)o3)cc2C1=O. The first-order chi connectivity index (χ1) is 15.5. The lowest BCUT2D eigenvalue weighted by Gasteiger charge is -2.37. The highest BCUT2D eigenvalue weighted by Crippen LogP contribution is 2.37. The predicted octanol–water partition coefficient (Wildman–Crippen LogP) is 5.50. The van der Waals surface area contributed by atoms with Crippen molar-refractivity contribution in [1.82, 2.24) is 15.1 Å². The predicted molar refractivity (Wildman–Crippen MR) is 114 cm³/mol. The summed E-state index contributed by atoms with van der Waals surface area (Å²) in [6.45, 7) is 2.60. The minimum Gasteiger partial charge on any atom is -0.415 e. The van der Waals surface area contributed by atoms with E-state index in [0.29, 0.717) is 17.7 Å². The number of aromatic nitrogens is 2. The van der Waals surface area contributed by atoms with E-state index < -0.39 is 12.3 Å². The molecule has 4 rings (SSSR count). The highest BCUT2D eigenvalue weighted by Gasteiger charge is 2.37. The molecule has 1 aromatic heterocycles. The van der Waals surface area contributed by atoms with Gasteiger partial charge in [-0.3, -0.25) is 9.59 Å². The van der Waals surface area contributed by atoms with Crippen molar-refractivity contribution in [1.29, 1.82) is 0 Å². The van der Waals surface area contributed by atoms with Crippen molar-refractivity contribution in [3.05, 3.63) is 46.9 Å². The molecule has 8 heteroatoms. The van der Waals surface area contributed by atoms with Crippen molar-refractivity contribution in [3.8, 4) is 11.5 Å². The maximum absolute atomic E-state index is 13.3. The van der Waals surface area contributed by atoms with Crippen LogP contribution in [-0.2, 0) is 11.3 Å². The van der Waals surface area contributed by atoms with Gasteiger partial charge in [0.25, 0.3) is 11.8 Å². The molecule has 1 aromatic carbocycles. The van der Waals surface area contributed by atoms with Crippen molar-refractivity contribution >= 4 is 12.2 Å². The molecular formula is C24H27F2N3O3. The number of nitrogens with zero attached hydrogens (tertiary/aromatic N) is 3. The van der Waals surface area contributed by atoms with E-state index in [4.69, 9.17) is 4.42 Å². The van der Waals surface area contributed by atoms with Crippen LogP contribution in [0.25, 0.3) is 11.5 Å². The summed E-state index contributed by atoms with van der Waals surface area (Å²) in [6, 6.07) is 5.22. The lowest BCUT2D eigenvalue weighted by molar-refractivity contribution is -0.105. The summed E-state index contributed by atoms with van der Waals surface area (Å²) in [5.74, 6) is -0.691. The van der Waals surface area contributed by atoms with E-state index in [0.717, 1.165) is 62.4 Å². The minimum absolute atomic E-state index is 0.0284. The number of alkyl halides is 2. The van der Waals surface area contributed by atoms with Crippen LogP contribution in [0.3, 0.4) is 0 Å². The smallest absolute Gasteiger partial charge is 0.314 e. The van der Waals surface area contributed by atoms with Gasteiger partial charge in [0.15, 0.2) is 0 Å². The number of allylic oxidation sites excluding steroid dienone is 1. The second-order valence-corrected chi connectivity index (χ2v) is 8.53. The maximum Gasteiger partial charge on any atom is 0.314 e. The maximum atomic E-state index is 13.3. The Labute approximate surface area is 185 Å². The molecule has 1 amide bonds. The van der Waals surface area contributed by atoms with Gasteiger partial charge in [-0.15, -0.1) is 10.2 Å². The van der Waals surface area contributed by atoms with E-state index in [9.17, 15) is 18.4 Å². The van der Waals surface area contributed by atoms with Crippen LogP contribution in [0.1, 0.15) is 80.1 Å². The van der Waals surface area contributed by atoms with Gasteiger partial charge in [-0.25, -0.2) is 0 Å². The zero-order valence-electron chi connectivity index (χ0n) is 18.1. The molecule has 0 saturated heterocycles. The average Bonchev–Trinajstić information content (AvgIpc) is 3.42. The number of fused-ring (bicyclic) bond motifs is 1. The zero-order chi connectivity index (χ0) is 22.7. The number of benzene rings is 1. The standard InChI is InChI=1S/C24H27F2N3O3/c1-2-3-6-15(14-30)11-16-7-4-5-8-20(16)29-13-18-10-9-17(12-19(18)24(29)31)22-27-28-23(32-22)21(25)26/h9-12,14,16,20-21H,2-8,13H2,1H3/b15-11+/t16-,20?/m0/s1. The first kappa shape index (κ1) is 22.3. The Morgan fingerprint density at radius 3 is 2.81 bits per heavy atom. The summed E-state index contributed by atoms with van der Waals surface area (Å²) in [6.07, 6.45) is 6.95. The lowest BCUT2D eigenvalue weighted by atomic mass is 9.82. The number of carbonyl (C=O) groups excluding carboxylic acids is 2. The van der Waals surface area contributed by atoms with Crippen molar-refractivity contribution in [3.63, 3.8) is 0 Å². The molecule has 0 N–H and O–H groups in total. The van der Waals surface area contributed by atoms with Crippen molar-refractivity contribution < 1.29 is 22.8 Å². The molecule has 2 heterocycles. The van der Waals surface area contributed by atoms with Crippen LogP contribution < -0.4 is 0 Å². The first-order valence-electron chi connectivity index (χ1n) is 11.2. The van der Waals surface area contributed by atoms with Crippen LogP contribution in [0, 0.1) is 5.92 Å². The molecule has 0 spiro atoms. The van der Waals surface area contributed by atoms with Gasteiger partial charge in [0, 0.05) is 23.7 Å². The Morgan fingerprint density at radius 1 is 1.28 bits per heavy atom. The van der Waals surface area contributed by atoms with Crippen LogP contribution in [0.2, 0.25) is 0 Å². The Hall–Kier alpha value is -2.90. The molecule has 6 nitrogen and oxygen atoms in total. The number of hydrogen-bond acceptors (Lipinski definition) is 5. The molecule has 1 saturated carbocycles. The van der Waals surface area contributed by atoms with Crippen LogP contribution in [-0.4, -0.2) is 33.3 Å². The zero-order valence-corrected chi connectivity index (χ0v) is 18.1. The number of unbranched alkanes of at least 4 members (excludes halogenated alkanes) is 1. The van der Waals surface area contributed by atoms with E-state index in [1.807, 2.05) is 11.0 Å².